The topological polar surface area (TPSA) is 107 Å². The number of benzene rings is 1. The first-order valence-electron chi connectivity index (χ1n) is 11.7. The van der Waals surface area contributed by atoms with E-state index >= 15 is 0 Å². The number of amides is 2. The first-order chi connectivity index (χ1) is 16.6. The molecule has 10 heteroatoms. The van der Waals surface area contributed by atoms with E-state index in [2.05, 4.69) is 10.3 Å². The number of aromatic nitrogens is 1. The van der Waals surface area contributed by atoms with Crippen molar-refractivity contribution in [2.75, 3.05) is 25.6 Å². The van der Waals surface area contributed by atoms with Gasteiger partial charge in [-0.15, -0.1) is 0 Å². The molecule has 2 atom stereocenters. The van der Waals surface area contributed by atoms with Crippen LogP contribution in [0.2, 0.25) is 0 Å². The predicted molar refractivity (Wildman–Crippen MR) is 132 cm³/mol. The van der Waals surface area contributed by atoms with Crippen LogP contribution in [-0.4, -0.2) is 59.4 Å². The first-order valence-corrected chi connectivity index (χ1v) is 11.7. The third-order valence-electron chi connectivity index (χ3n) is 6.34. The molecular weight excluding hydrogens is 469 g/mol. The standard InChI is InChI=1S/C26H34FN3O6/c1-16(31)34-14-25(5,6)20-12-26(20,30(7)23(33)36-24(2,3)4)15-35-22(32)29-21-11-18-10-19(27)9-8-17(18)13-28-21/h8-11,13,20H,12,14-15H2,1-7H3,(H,28,29,32)/t20-,26?/m0/s1. The lowest BCUT2D eigenvalue weighted by Crippen LogP contribution is -2.48. The van der Waals surface area contributed by atoms with Crippen molar-refractivity contribution in [2.45, 2.75) is 59.1 Å². The van der Waals surface area contributed by atoms with Crippen LogP contribution in [0.5, 0.6) is 0 Å². The van der Waals surface area contributed by atoms with Gasteiger partial charge in [0.2, 0.25) is 0 Å². The van der Waals surface area contributed by atoms with Crippen molar-refractivity contribution >= 4 is 34.7 Å². The first kappa shape index (κ1) is 27.2. The molecule has 1 saturated carbocycles. The number of anilines is 1. The minimum atomic E-state index is -0.844. The Bertz CT molecular complexity index is 1160. The maximum absolute atomic E-state index is 13.6. The minimum Gasteiger partial charge on any atom is -0.465 e. The van der Waals surface area contributed by atoms with Gasteiger partial charge < -0.3 is 19.1 Å². The fourth-order valence-electron chi connectivity index (χ4n) is 4.34. The highest BCUT2D eigenvalue weighted by molar-refractivity contribution is 5.89. The number of carbonyl (C=O) groups is 3. The van der Waals surface area contributed by atoms with Crippen molar-refractivity contribution in [2.24, 2.45) is 11.3 Å². The summed E-state index contributed by atoms with van der Waals surface area (Å²) < 4.78 is 29.9. The Balaban J connectivity index is 1.74. The fraction of sp³-hybridized carbons (Fsp3) is 0.538. The van der Waals surface area contributed by atoms with Crippen LogP contribution in [0.3, 0.4) is 0 Å². The zero-order valence-electron chi connectivity index (χ0n) is 21.8. The van der Waals surface area contributed by atoms with Crippen LogP contribution in [-0.2, 0) is 19.0 Å². The van der Waals surface area contributed by atoms with Gasteiger partial charge in [0, 0.05) is 31.0 Å². The highest BCUT2D eigenvalue weighted by Crippen LogP contribution is 2.57. The summed E-state index contributed by atoms with van der Waals surface area (Å²) in [6.07, 6.45) is 0.739. The third kappa shape index (κ3) is 6.41. The molecule has 1 unspecified atom stereocenters. The summed E-state index contributed by atoms with van der Waals surface area (Å²) in [6.45, 7) is 10.6. The number of nitrogens with one attached hydrogen (secondary N) is 1. The van der Waals surface area contributed by atoms with Crippen molar-refractivity contribution in [1.29, 1.82) is 0 Å². The van der Waals surface area contributed by atoms with Crippen molar-refractivity contribution in [3.8, 4) is 0 Å². The maximum atomic E-state index is 13.6. The summed E-state index contributed by atoms with van der Waals surface area (Å²) in [7, 11) is 1.61. The van der Waals surface area contributed by atoms with Crippen LogP contribution in [0, 0.1) is 17.2 Å². The van der Waals surface area contributed by atoms with Gasteiger partial charge >= 0.3 is 18.2 Å². The molecule has 0 spiro atoms. The molecule has 1 N–H and O–H groups in total. The number of ether oxygens (including phenoxy) is 3. The quantitative estimate of drug-likeness (QED) is 0.412. The second-order valence-electron chi connectivity index (χ2n) is 10.9. The van der Waals surface area contributed by atoms with Crippen molar-refractivity contribution in [3.05, 3.63) is 36.3 Å². The summed E-state index contributed by atoms with van der Waals surface area (Å²) in [6, 6.07) is 5.82. The monoisotopic (exact) mass is 503 g/mol. The molecule has 2 amide bonds. The van der Waals surface area contributed by atoms with Gasteiger partial charge in [0.1, 0.15) is 23.8 Å². The average molecular weight is 504 g/mol. The second kappa shape index (κ2) is 9.91. The summed E-state index contributed by atoms with van der Waals surface area (Å²) in [5.74, 6) is -0.717. The van der Waals surface area contributed by atoms with E-state index in [1.807, 2.05) is 13.8 Å². The Kier molecular flexibility index (Phi) is 7.48. The number of pyridine rings is 1. The van der Waals surface area contributed by atoms with Gasteiger partial charge in [0.25, 0.3) is 0 Å². The zero-order valence-corrected chi connectivity index (χ0v) is 21.8. The lowest BCUT2D eigenvalue weighted by molar-refractivity contribution is -0.144. The molecule has 1 heterocycles. The number of halogens is 1. The van der Waals surface area contributed by atoms with Crippen LogP contribution in [0.1, 0.15) is 48.0 Å². The lowest BCUT2D eigenvalue weighted by atomic mass is 9.85. The van der Waals surface area contributed by atoms with E-state index < -0.39 is 40.5 Å². The minimum absolute atomic E-state index is 0.106. The van der Waals surface area contributed by atoms with Crippen molar-refractivity contribution in [3.63, 3.8) is 0 Å². The van der Waals surface area contributed by atoms with Gasteiger partial charge in [-0.3, -0.25) is 10.1 Å². The summed E-state index contributed by atoms with van der Waals surface area (Å²) in [5, 5.41) is 3.86. The number of hydrogen-bond donors (Lipinski definition) is 1. The second-order valence-corrected chi connectivity index (χ2v) is 10.9. The normalized spacial score (nSPS) is 19.4. The number of carbonyl (C=O) groups excluding carboxylic acids is 3. The molecule has 9 nitrogen and oxygen atoms in total. The Labute approximate surface area is 210 Å². The SMILES string of the molecule is CC(=O)OCC(C)(C)[C@@H]1CC1(COC(=O)Nc1cc2cc(F)ccc2cn1)N(C)C(=O)OC(C)(C)C. The molecule has 196 valence electrons. The number of likely N-dealkylation sites (N-methyl/N-ethyl adjacent to an activating group) is 1. The molecule has 1 aromatic heterocycles. The molecule has 0 radical (unpaired) electrons. The van der Waals surface area contributed by atoms with Gasteiger partial charge in [0.15, 0.2) is 0 Å². The number of esters is 1. The van der Waals surface area contributed by atoms with Gasteiger partial charge in [0.05, 0.1) is 12.1 Å². The van der Waals surface area contributed by atoms with E-state index in [0.29, 0.717) is 11.8 Å². The molecule has 2 aromatic rings. The van der Waals surface area contributed by atoms with Crippen molar-refractivity contribution < 1.29 is 33.0 Å². The number of nitrogens with zero attached hydrogens (tertiary/aromatic N) is 2. The Hall–Kier alpha value is -3.43. The Morgan fingerprint density at radius 2 is 1.83 bits per heavy atom. The fourth-order valence-corrected chi connectivity index (χ4v) is 4.34. The van der Waals surface area contributed by atoms with Crippen molar-refractivity contribution in [1.82, 2.24) is 9.88 Å². The van der Waals surface area contributed by atoms with Gasteiger partial charge in [-0.25, -0.2) is 19.0 Å². The van der Waals surface area contributed by atoms with E-state index in [9.17, 15) is 18.8 Å². The van der Waals surface area contributed by atoms with Gasteiger partial charge in [-0.05, 0) is 62.8 Å². The molecule has 1 aliphatic rings. The van der Waals surface area contributed by atoms with Crippen LogP contribution < -0.4 is 5.32 Å². The molecule has 1 aliphatic carbocycles. The van der Waals surface area contributed by atoms with E-state index in [0.717, 1.165) is 5.39 Å². The van der Waals surface area contributed by atoms with E-state index in [-0.39, 0.29) is 24.9 Å². The highest BCUT2D eigenvalue weighted by atomic mass is 19.1. The van der Waals surface area contributed by atoms with Crippen LogP contribution in [0.15, 0.2) is 30.5 Å². The largest absolute Gasteiger partial charge is 0.465 e. The summed E-state index contributed by atoms with van der Waals surface area (Å²) in [4.78, 5) is 42.5. The predicted octanol–water partition coefficient (Wildman–Crippen LogP) is 5.14. The van der Waals surface area contributed by atoms with Crippen LogP contribution in [0.4, 0.5) is 19.8 Å². The molecule has 36 heavy (non-hydrogen) atoms. The molecule has 0 bridgehead atoms. The Morgan fingerprint density at radius 1 is 1.14 bits per heavy atom. The van der Waals surface area contributed by atoms with Crippen LogP contribution >= 0.6 is 0 Å². The smallest absolute Gasteiger partial charge is 0.412 e. The molecule has 0 saturated heterocycles. The molecule has 1 fully saturated rings. The van der Waals surface area contributed by atoms with Gasteiger partial charge in [-0.1, -0.05) is 13.8 Å². The van der Waals surface area contributed by atoms with Crippen LogP contribution in [0.25, 0.3) is 10.8 Å². The van der Waals surface area contributed by atoms with Gasteiger partial charge in [-0.2, -0.15) is 0 Å². The lowest BCUT2D eigenvalue weighted by Gasteiger charge is -2.35. The number of fused-ring (bicyclic) bond motifs is 1. The van der Waals surface area contributed by atoms with E-state index in [1.54, 1.807) is 40.0 Å². The average Bonchev–Trinajstić information content (AvgIpc) is 3.51. The summed E-state index contributed by atoms with van der Waals surface area (Å²) in [5.41, 5.74) is -2.04. The van der Waals surface area contributed by atoms with E-state index in [1.165, 1.54) is 30.2 Å². The maximum Gasteiger partial charge on any atom is 0.412 e. The zero-order chi connectivity index (χ0) is 26.9. The van der Waals surface area contributed by atoms with E-state index in [4.69, 9.17) is 14.2 Å². The highest BCUT2D eigenvalue weighted by Gasteiger charge is 2.65. The number of hydrogen-bond acceptors (Lipinski definition) is 7. The summed E-state index contributed by atoms with van der Waals surface area (Å²) >= 11 is 0. The molecule has 3 rings (SSSR count). The molecular formula is C26H34FN3O6. The third-order valence-corrected chi connectivity index (χ3v) is 6.34. The Morgan fingerprint density at radius 3 is 2.47 bits per heavy atom. The molecule has 1 aromatic carbocycles. The number of rotatable bonds is 7. The molecule has 0 aliphatic heterocycles.